The number of nitrogens with zero attached hydrogens (tertiary/aromatic N) is 4. The van der Waals surface area contributed by atoms with E-state index >= 15 is 8.78 Å². The third-order valence-electron chi connectivity index (χ3n) is 7.65. The fourth-order valence-corrected chi connectivity index (χ4v) is 6.08. The Balaban J connectivity index is 0.000000505. The highest BCUT2D eigenvalue weighted by Gasteiger charge is 2.32. The molecule has 9 heteroatoms. The topological polar surface area (TPSA) is 88.1 Å². The van der Waals surface area contributed by atoms with E-state index in [1.54, 1.807) is 12.3 Å². The molecule has 43 heavy (non-hydrogen) atoms. The number of nitrogens with two attached hydrogens (primary N) is 1. The molecule has 232 valence electrons. The molecular weight excluding hydrogens is 564 g/mol. The van der Waals surface area contributed by atoms with Crippen LogP contribution in [0, 0.1) is 34.8 Å². The van der Waals surface area contributed by atoms with Gasteiger partial charge < -0.3 is 15.4 Å². The highest BCUT2D eigenvalue weighted by atomic mass is 32.1. The van der Waals surface area contributed by atoms with E-state index in [1.165, 1.54) is 36.7 Å². The fraction of sp³-hybridized carbons (Fsp3) is 0.500. The van der Waals surface area contributed by atoms with Crippen molar-refractivity contribution in [2.75, 3.05) is 23.7 Å². The summed E-state index contributed by atoms with van der Waals surface area (Å²) in [5.41, 5.74) is 7.77. The molecule has 6 rings (SSSR count). The van der Waals surface area contributed by atoms with Crippen molar-refractivity contribution < 1.29 is 13.5 Å². The highest BCUT2D eigenvalue weighted by Crippen LogP contribution is 2.46. The fourth-order valence-electron chi connectivity index (χ4n) is 5.15. The Bertz CT molecular complexity index is 1580. The summed E-state index contributed by atoms with van der Waals surface area (Å²) in [5, 5.41) is 10.9. The second kappa shape index (κ2) is 15.4. The summed E-state index contributed by atoms with van der Waals surface area (Å²) >= 11 is 1.19. The normalized spacial score (nSPS) is 16.9. The van der Waals surface area contributed by atoms with Crippen molar-refractivity contribution in [2.24, 2.45) is 11.8 Å². The summed E-state index contributed by atoms with van der Waals surface area (Å²) in [7, 11) is 0. The maximum absolute atomic E-state index is 16.3. The Kier molecular flexibility index (Phi) is 12.2. The van der Waals surface area contributed by atoms with E-state index in [1.807, 2.05) is 13.8 Å². The Morgan fingerprint density at radius 1 is 1.02 bits per heavy atom. The zero-order valence-electron chi connectivity index (χ0n) is 26.8. The largest absolute Gasteiger partial charge is 0.389 e. The molecule has 2 aromatic heterocycles. The van der Waals surface area contributed by atoms with Crippen molar-refractivity contribution in [3.63, 3.8) is 0 Å². The summed E-state index contributed by atoms with van der Waals surface area (Å²) in [6.45, 7) is 19.0. The highest BCUT2D eigenvalue weighted by molar-refractivity contribution is 7.23. The number of fused-ring (bicyclic) bond motifs is 4. The van der Waals surface area contributed by atoms with Gasteiger partial charge in [-0.05, 0) is 35.1 Å². The number of thiophene rings is 1. The monoisotopic (exact) mass is 609 g/mol. The van der Waals surface area contributed by atoms with E-state index in [0.29, 0.717) is 38.8 Å². The van der Waals surface area contributed by atoms with Gasteiger partial charge >= 0.3 is 0 Å². The number of aromatic nitrogens is 2. The minimum Gasteiger partial charge on any atom is -0.389 e. The van der Waals surface area contributed by atoms with E-state index in [9.17, 15) is 5.26 Å². The molecule has 2 aromatic carbocycles. The first-order valence-corrected chi connectivity index (χ1v) is 16.3. The zero-order chi connectivity index (χ0) is 31.8. The number of hydrogen-bond acceptors (Lipinski definition) is 7. The van der Waals surface area contributed by atoms with Crippen LogP contribution in [0.1, 0.15) is 91.3 Å². The van der Waals surface area contributed by atoms with E-state index in [4.69, 9.17) is 10.5 Å². The number of ether oxygens (including phenoxy) is 1. The third-order valence-corrected chi connectivity index (χ3v) is 8.64. The predicted octanol–water partition coefficient (Wildman–Crippen LogP) is 9.61. The number of nitriles is 1. The lowest BCUT2D eigenvalue weighted by Gasteiger charge is -2.18. The van der Waals surface area contributed by atoms with Gasteiger partial charge in [0.15, 0.2) is 5.82 Å². The molecule has 1 saturated heterocycles. The van der Waals surface area contributed by atoms with Gasteiger partial charge in [-0.25, -0.2) is 18.7 Å². The van der Waals surface area contributed by atoms with E-state index in [2.05, 4.69) is 62.5 Å². The van der Waals surface area contributed by atoms with Crippen LogP contribution in [-0.2, 0) is 18.0 Å². The molecule has 2 aliphatic rings. The molecule has 1 fully saturated rings. The van der Waals surface area contributed by atoms with Crippen LogP contribution in [0.2, 0.25) is 0 Å². The minimum atomic E-state index is -0.636. The molecule has 0 amide bonds. The van der Waals surface area contributed by atoms with Gasteiger partial charge in [-0.15, -0.1) is 11.3 Å². The van der Waals surface area contributed by atoms with E-state index < -0.39 is 11.6 Å². The van der Waals surface area contributed by atoms with Gasteiger partial charge in [0, 0.05) is 45.9 Å². The number of benzene rings is 2. The van der Waals surface area contributed by atoms with Crippen LogP contribution in [0.15, 0.2) is 18.3 Å². The van der Waals surface area contributed by atoms with E-state index in [-0.39, 0.29) is 40.4 Å². The van der Waals surface area contributed by atoms with Crippen LogP contribution in [0.5, 0.6) is 0 Å². The second-order valence-corrected chi connectivity index (χ2v) is 12.0. The maximum atomic E-state index is 16.3. The van der Waals surface area contributed by atoms with Crippen molar-refractivity contribution in [2.45, 2.75) is 87.9 Å². The molecule has 4 aromatic rings. The average molecular weight is 610 g/mol. The zero-order valence-corrected chi connectivity index (χ0v) is 27.6. The number of rotatable bonds is 3. The van der Waals surface area contributed by atoms with Crippen LogP contribution in [0.4, 0.5) is 19.7 Å². The third kappa shape index (κ3) is 6.76. The summed E-state index contributed by atoms with van der Waals surface area (Å²) in [6, 6.07) is 4.93. The van der Waals surface area contributed by atoms with Crippen LogP contribution in [0.3, 0.4) is 0 Å². The number of hydrogen-bond donors (Lipinski definition) is 1. The van der Waals surface area contributed by atoms with Crippen molar-refractivity contribution in [3.8, 4) is 17.2 Å². The molecule has 0 bridgehead atoms. The Morgan fingerprint density at radius 3 is 2.21 bits per heavy atom. The Hall–Kier alpha value is -3.35. The quantitative estimate of drug-likeness (QED) is 0.249. The van der Waals surface area contributed by atoms with Crippen molar-refractivity contribution in [1.82, 2.24) is 9.97 Å². The molecule has 0 radical (unpaired) electrons. The summed E-state index contributed by atoms with van der Waals surface area (Å²) in [6.07, 6.45) is 5.53. The number of nitrogen functional groups attached to an aromatic ring is 1. The molecule has 2 aliphatic heterocycles. The number of halogens is 2. The average Bonchev–Trinajstić information content (AvgIpc) is 3.72. The van der Waals surface area contributed by atoms with Gasteiger partial charge in [0.2, 0.25) is 5.95 Å². The first-order valence-electron chi connectivity index (χ1n) is 15.5. The molecule has 0 spiro atoms. The smallest absolute Gasteiger partial charge is 0.225 e. The van der Waals surface area contributed by atoms with Gasteiger partial charge in [-0.1, -0.05) is 74.7 Å². The van der Waals surface area contributed by atoms with Crippen molar-refractivity contribution in [3.05, 3.63) is 46.7 Å². The molecule has 0 aliphatic carbocycles. The summed E-state index contributed by atoms with van der Waals surface area (Å²) in [4.78, 5) is 11.2. The lowest BCUT2D eigenvalue weighted by atomic mass is 9.90. The van der Waals surface area contributed by atoms with Crippen molar-refractivity contribution >= 4 is 43.3 Å². The molecule has 2 N–H and O–H groups in total. The molecule has 0 saturated carbocycles. The predicted molar refractivity (Wildman–Crippen MR) is 176 cm³/mol. The molecular formula is C34H45F2N5OS. The van der Waals surface area contributed by atoms with Crippen molar-refractivity contribution in [1.29, 1.82) is 5.26 Å². The molecule has 2 atom stereocenters. The molecule has 6 nitrogen and oxygen atoms in total. The lowest BCUT2D eigenvalue weighted by molar-refractivity contribution is 0.135. The molecule has 4 heterocycles. The van der Waals surface area contributed by atoms with Crippen LogP contribution < -0.4 is 10.6 Å². The van der Waals surface area contributed by atoms with Crippen LogP contribution >= 0.6 is 11.3 Å². The Morgan fingerprint density at radius 2 is 1.63 bits per heavy atom. The van der Waals surface area contributed by atoms with Crippen LogP contribution in [-0.4, -0.2) is 23.1 Å². The van der Waals surface area contributed by atoms with Crippen LogP contribution in [0.25, 0.3) is 32.1 Å². The second-order valence-electron chi connectivity index (χ2n) is 10.9. The summed E-state index contributed by atoms with van der Waals surface area (Å²) in [5.74, 6) is 0.166. The van der Waals surface area contributed by atoms with Gasteiger partial charge in [0.1, 0.15) is 22.4 Å². The van der Waals surface area contributed by atoms with Gasteiger partial charge in [-0.2, -0.15) is 5.26 Å². The Labute approximate surface area is 258 Å². The van der Waals surface area contributed by atoms with E-state index in [0.717, 1.165) is 18.7 Å². The maximum Gasteiger partial charge on any atom is 0.225 e. The minimum absolute atomic E-state index is 0.0340. The number of unbranched alkanes of at least 4 members (excludes halogenated alkanes) is 1. The van der Waals surface area contributed by atoms with Gasteiger partial charge in [0.25, 0.3) is 0 Å². The first kappa shape index (κ1) is 34.1. The summed E-state index contributed by atoms with van der Waals surface area (Å²) < 4.78 is 38.0. The van der Waals surface area contributed by atoms with Gasteiger partial charge in [0.05, 0.1) is 18.8 Å². The lowest BCUT2D eigenvalue weighted by Crippen LogP contribution is -2.22. The number of anilines is 2. The molecule has 2 unspecified atom stereocenters. The SMILES string of the molecule is CC.CC1CN(c2ncc3c4c(c(-c5c(F)ccc6sc(N)c(C#N)c56)c(F)c3n2)COC4)CC1C.CCC.CCCC. The standard InChI is InChI=1S/C25H21F2N5OS.C4H10.C3H8.C2H6/c1-11-7-32(8-12(11)2)25-30-6-14-15-9-33-10-16(15)20(22(27)23(14)31-25)21-17(26)3-4-18-19(21)13(5-28)24(29)34-18;1-3-4-2;1-3-2;1-2/h3-4,6,11-12H,7-10,29H2,1-2H3;3-4H2,1-2H3;3H2,1-2H3;1-2H3. The first-order chi connectivity index (χ1) is 20.7. The van der Waals surface area contributed by atoms with Gasteiger partial charge in [-0.3, -0.25) is 0 Å².